The fourth-order valence-corrected chi connectivity index (χ4v) is 1.37. The predicted molar refractivity (Wildman–Crippen MR) is 66.8 cm³/mol. The summed E-state index contributed by atoms with van der Waals surface area (Å²) in [5.41, 5.74) is 12.7. The third-order valence-corrected chi connectivity index (χ3v) is 2.78. The van der Waals surface area contributed by atoms with E-state index in [-0.39, 0.29) is 33.0 Å². The Morgan fingerprint density at radius 3 is 2.53 bits per heavy atom. The Morgan fingerprint density at radius 1 is 1.41 bits per heavy atom. The fourth-order valence-electron chi connectivity index (χ4n) is 1.37. The van der Waals surface area contributed by atoms with Gasteiger partial charge in [-0.05, 0) is 12.1 Å². The molecule has 0 spiro atoms. The Bertz CT molecular complexity index is 395. The number of nitrogen functional groups attached to an aromatic ring is 2. The molecule has 0 aliphatic carbocycles. The van der Waals surface area contributed by atoms with Gasteiger partial charge in [0.15, 0.2) is 0 Å². The van der Waals surface area contributed by atoms with Gasteiger partial charge in [-0.1, -0.05) is 19.0 Å². The van der Waals surface area contributed by atoms with Crippen molar-refractivity contribution < 1.29 is 25.9 Å². The molecule has 0 saturated carbocycles. The Kier molecular flexibility index (Phi) is 6.25. The first-order chi connectivity index (χ1) is 7.49. The molecule has 1 unspecified atom stereocenters. The molecule has 0 aromatic heterocycles. The third kappa shape index (κ3) is 3.47. The molecule has 0 aliphatic heterocycles. The number of hydrogen-bond donors (Lipinski definition) is 2. The van der Waals surface area contributed by atoms with Crippen LogP contribution in [0.3, 0.4) is 0 Å². The van der Waals surface area contributed by atoms with Gasteiger partial charge < -0.3 is 22.8 Å². The summed E-state index contributed by atoms with van der Waals surface area (Å²) < 4.78 is 0. The number of carbonyl (C=O) groups is 1. The van der Waals surface area contributed by atoms with Crippen LogP contribution >= 0.6 is 0 Å². The van der Waals surface area contributed by atoms with Crippen LogP contribution in [0.5, 0.6) is 0 Å². The monoisotopic (exact) mass is 404 g/mol. The number of nitrogens with two attached hydrogens (primary N) is 2. The van der Waals surface area contributed by atoms with Crippen LogP contribution in [0.25, 0.3) is 0 Å². The Morgan fingerprint density at radius 2 is 2.00 bits per heavy atom. The molecular formula is C12H18N3OW-. The molecule has 5 heteroatoms. The van der Waals surface area contributed by atoms with E-state index in [1.165, 1.54) is 0 Å². The van der Waals surface area contributed by atoms with Crippen LogP contribution in [-0.4, -0.2) is 23.9 Å². The van der Waals surface area contributed by atoms with E-state index in [4.69, 9.17) is 11.5 Å². The molecule has 4 N–H and O–H groups in total. The van der Waals surface area contributed by atoms with E-state index in [0.29, 0.717) is 16.9 Å². The summed E-state index contributed by atoms with van der Waals surface area (Å²) in [6.45, 7) is 3.86. The molecule has 0 aliphatic rings. The van der Waals surface area contributed by atoms with Gasteiger partial charge in [-0.15, -0.1) is 0 Å². The minimum atomic E-state index is -0.115. The van der Waals surface area contributed by atoms with Crippen molar-refractivity contribution in [3.63, 3.8) is 0 Å². The average Bonchev–Trinajstić information content (AvgIpc) is 2.29. The van der Waals surface area contributed by atoms with Gasteiger partial charge in [0.25, 0.3) is 5.91 Å². The molecule has 1 amide bonds. The molecule has 4 nitrogen and oxygen atoms in total. The molecule has 0 radical (unpaired) electrons. The maximum atomic E-state index is 12.1. The molecule has 1 aromatic carbocycles. The van der Waals surface area contributed by atoms with Crippen LogP contribution in [0, 0.1) is 6.42 Å². The van der Waals surface area contributed by atoms with Crippen molar-refractivity contribution in [3.8, 4) is 0 Å². The number of carbonyl (C=O) groups excluding carboxylic acids is 1. The second-order valence-corrected chi connectivity index (χ2v) is 3.80. The number of hydrogen-bond acceptors (Lipinski definition) is 3. The van der Waals surface area contributed by atoms with Gasteiger partial charge in [-0.25, -0.2) is 0 Å². The van der Waals surface area contributed by atoms with Crippen LogP contribution in [0.1, 0.15) is 24.2 Å². The zero-order valence-corrected chi connectivity index (χ0v) is 13.2. The minimum absolute atomic E-state index is 0. The van der Waals surface area contributed by atoms with Crippen molar-refractivity contribution in [2.24, 2.45) is 0 Å². The third-order valence-electron chi connectivity index (χ3n) is 2.78. The van der Waals surface area contributed by atoms with Gasteiger partial charge in [0.05, 0.1) is 16.9 Å². The summed E-state index contributed by atoms with van der Waals surface area (Å²) in [5.74, 6) is -0.115. The Labute approximate surface area is 117 Å². The number of nitrogens with zero attached hydrogens (tertiary/aromatic N) is 1. The van der Waals surface area contributed by atoms with E-state index in [9.17, 15) is 4.79 Å². The zero-order valence-electron chi connectivity index (χ0n) is 10.3. The van der Waals surface area contributed by atoms with Gasteiger partial charge >= 0.3 is 0 Å². The molecule has 0 fully saturated rings. The van der Waals surface area contributed by atoms with Gasteiger partial charge in [0.2, 0.25) is 0 Å². The molecule has 0 heterocycles. The second-order valence-electron chi connectivity index (χ2n) is 3.80. The first-order valence-electron chi connectivity index (χ1n) is 5.19. The number of rotatable bonds is 3. The predicted octanol–water partition coefficient (Wildman–Crippen LogP) is 1.53. The van der Waals surface area contributed by atoms with Crippen LogP contribution in [0.2, 0.25) is 0 Å². The summed E-state index contributed by atoms with van der Waals surface area (Å²) in [6.07, 6.45) is 1.94. The topological polar surface area (TPSA) is 72.3 Å². The van der Waals surface area contributed by atoms with Crippen molar-refractivity contribution in [2.75, 3.05) is 18.5 Å². The van der Waals surface area contributed by atoms with E-state index in [2.05, 4.69) is 0 Å². The largest absolute Gasteiger partial charge is 0.397 e. The van der Waals surface area contributed by atoms with E-state index in [1.54, 1.807) is 30.1 Å². The number of para-hydroxylation sites is 1. The minimum Gasteiger partial charge on any atom is -0.397 e. The van der Waals surface area contributed by atoms with E-state index in [1.807, 2.05) is 20.3 Å². The van der Waals surface area contributed by atoms with Crippen molar-refractivity contribution >= 4 is 17.3 Å². The van der Waals surface area contributed by atoms with E-state index in [0.717, 1.165) is 0 Å². The quantitative estimate of drug-likeness (QED) is 0.593. The molecule has 0 bridgehead atoms. The molecule has 17 heavy (non-hydrogen) atoms. The SMILES string of the molecule is C[CH-]C(C)N(C)C(=O)c1cccc(N)c1N.[W]. The van der Waals surface area contributed by atoms with E-state index < -0.39 is 0 Å². The molecule has 0 saturated heterocycles. The fraction of sp³-hybridized carbons (Fsp3) is 0.333. The first-order valence-corrected chi connectivity index (χ1v) is 5.19. The van der Waals surface area contributed by atoms with Crippen molar-refractivity contribution in [1.82, 2.24) is 4.90 Å². The van der Waals surface area contributed by atoms with Crippen molar-refractivity contribution in [1.29, 1.82) is 0 Å². The van der Waals surface area contributed by atoms with Gasteiger partial charge in [-0.2, -0.15) is 6.92 Å². The first kappa shape index (κ1) is 16.0. The number of benzene rings is 1. The summed E-state index contributed by atoms with van der Waals surface area (Å²) in [7, 11) is 1.75. The van der Waals surface area contributed by atoms with Crippen LogP contribution < -0.4 is 11.5 Å². The Hall–Kier alpha value is -1.02. The smallest absolute Gasteiger partial charge is 0.253 e. The van der Waals surface area contributed by atoms with E-state index >= 15 is 0 Å². The zero-order chi connectivity index (χ0) is 12.3. The van der Waals surface area contributed by atoms with Crippen LogP contribution in [0.4, 0.5) is 11.4 Å². The van der Waals surface area contributed by atoms with Gasteiger partial charge in [0, 0.05) is 28.1 Å². The van der Waals surface area contributed by atoms with Crippen molar-refractivity contribution in [3.05, 3.63) is 30.2 Å². The van der Waals surface area contributed by atoms with Gasteiger partial charge in [-0.3, -0.25) is 4.79 Å². The summed E-state index contributed by atoms with van der Waals surface area (Å²) in [4.78, 5) is 13.7. The Balaban J connectivity index is 0.00000256. The summed E-state index contributed by atoms with van der Waals surface area (Å²) in [5, 5.41) is 0. The molecular weight excluding hydrogens is 386 g/mol. The van der Waals surface area contributed by atoms with Crippen molar-refractivity contribution in [2.45, 2.75) is 19.9 Å². The average molecular weight is 404 g/mol. The molecule has 1 aromatic rings. The summed E-state index contributed by atoms with van der Waals surface area (Å²) in [6, 6.07) is 5.16. The molecule has 1 atom stereocenters. The maximum Gasteiger partial charge on any atom is 0.253 e. The number of amides is 1. The molecule has 94 valence electrons. The normalized spacial score (nSPS) is 11.5. The van der Waals surface area contributed by atoms with Crippen LogP contribution in [-0.2, 0) is 21.1 Å². The summed E-state index contributed by atoms with van der Waals surface area (Å²) >= 11 is 0. The standard InChI is InChI=1S/C12H18N3O.W/c1-4-8(2)15(3)12(16)9-6-5-7-10(13)11(9)14;/h4-8H,13-14H2,1-3H3;/q-1;. The second kappa shape index (κ2) is 6.65. The maximum absolute atomic E-state index is 12.1. The van der Waals surface area contributed by atoms with Gasteiger partial charge in [0.1, 0.15) is 0 Å². The van der Waals surface area contributed by atoms with Crippen LogP contribution in [0.15, 0.2) is 18.2 Å². The number of anilines is 2. The molecule has 1 rings (SSSR count).